The van der Waals surface area contributed by atoms with E-state index in [4.69, 9.17) is 10.5 Å². The number of hydrogen-bond acceptors (Lipinski definition) is 6. The number of methoxy groups -OCH3 is 1. The zero-order valence-corrected chi connectivity index (χ0v) is 13.3. The Morgan fingerprint density at radius 3 is 2.71 bits per heavy atom. The van der Waals surface area contributed by atoms with Crippen molar-refractivity contribution in [2.45, 2.75) is 0 Å². The van der Waals surface area contributed by atoms with E-state index in [9.17, 15) is 9.59 Å². The number of carbonyl (C=O) groups is 2. The van der Waals surface area contributed by atoms with Gasteiger partial charge in [-0.1, -0.05) is 17.3 Å². The summed E-state index contributed by atoms with van der Waals surface area (Å²) in [7, 11) is 1.49. The van der Waals surface area contributed by atoms with Crippen molar-refractivity contribution in [3.63, 3.8) is 0 Å². The molecule has 9 heteroatoms. The molecule has 112 valence electrons. The highest BCUT2D eigenvalue weighted by Gasteiger charge is 2.30. The van der Waals surface area contributed by atoms with Gasteiger partial charge in [-0.2, -0.15) is 0 Å². The lowest BCUT2D eigenvalue weighted by atomic mass is 10.2. The van der Waals surface area contributed by atoms with E-state index < -0.39 is 12.0 Å². The Morgan fingerprint density at radius 1 is 1.43 bits per heavy atom. The largest absolute Gasteiger partial charge is 0.430 e. The summed E-state index contributed by atoms with van der Waals surface area (Å²) in [5.74, 6) is -0.412. The first-order chi connectivity index (χ1) is 10.0. The smallest absolute Gasteiger partial charge is 0.364 e. The number of fused-ring (bicyclic) bond motifs is 1. The summed E-state index contributed by atoms with van der Waals surface area (Å²) in [6.45, 7) is 0.222. The molecule has 0 aliphatic carbocycles. The molecule has 1 aliphatic heterocycles. The van der Waals surface area contributed by atoms with Crippen LogP contribution in [0.4, 0.5) is 16.2 Å². The van der Waals surface area contributed by atoms with Crippen molar-refractivity contribution >= 4 is 52.0 Å². The Balaban J connectivity index is 2.44. The molecule has 1 heterocycles. The first kappa shape index (κ1) is 15.5. The predicted molar refractivity (Wildman–Crippen MR) is 85.3 cm³/mol. The van der Waals surface area contributed by atoms with Gasteiger partial charge >= 0.3 is 6.09 Å². The van der Waals surface area contributed by atoms with Gasteiger partial charge in [0.05, 0.1) is 40.8 Å². The second kappa shape index (κ2) is 6.72. The summed E-state index contributed by atoms with van der Waals surface area (Å²) in [5.41, 5.74) is 6.44. The molecule has 0 fully saturated rings. The fourth-order valence-corrected chi connectivity index (χ4v) is 2.60. The Bertz CT molecular complexity index is 592. The van der Waals surface area contributed by atoms with Crippen LogP contribution >= 0.6 is 22.9 Å². The number of nitrogens with zero attached hydrogens (tertiary/aromatic N) is 3. The summed E-state index contributed by atoms with van der Waals surface area (Å²) >= 11 is 2.05. The number of primary amides is 1. The summed E-state index contributed by atoms with van der Waals surface area (Å²) in [6.07, 6.45) is -1.07. The van der Waals surface area contributed by atoms with E-state index in [0.29, 0.717) is 5.69 Å². The van der Waals surface area contributed by atoms with E-state index in [2.05, 4.69) is 32.9 Å². The molecule has 0 bridgehead atoms. The third-order valence-electron chi connectivity index (χ3n) is 2.72. The third-order valence-corrected chi connectivity index (χ3v) is 3.58. The Morgan fingerprint density at radius 2 is 2.10 bits per heavy atom. The van der Waals surface area contributed by atoms with E-state index in [-0.39, 0.29) is 19.0 Å². The minimum atomic E-state index is -1.07. The SMILES string of the molecule is COCN1C(=O)/C(=N/OC(N)=O)CN(I)c2ccccc21. The van der Waals surface area contributed by atoms with Gasteiger partial charge < -0.3 is 13.6 Å². The zero-order chi connectivity index (χ0) is 15.4. The number of benzene rings is 1. The average molecular weight is 404 g/mol. The second-order valence-corrected chi connectivity index (χ2v) is 5.27. The molecule has 1 aliphatic rings. The minimum absolute atomic E-state index is 0.0515. The number of nitrogens with two attached hydrogens (primary N) is 1. The molecule has 0 atom stereocenters. The zero-order valence-electron chi connectivity index (χ0n) is 11.2. The molecule has 2 N–H and O–H groups in total. The van der Waals surface area contributed by atoms with Crippen LogP contribution in [0, 0.1) is 0 Å². The molecule has 0 spiro atoms. The number of carbonyl (C=O) groups excluding carboxylic acids is 2. The summed E-state index contributed by atoms with van der Waals surface area (Å²) in [4.78, 5) is 29.0. The van der Waals surface area contributed by atoms with E-state index in [0.717, 1.165) is 5.69 Å². The highest BCUT2D eigenvalue weighted by molar-refractivity contribution is 14.1. The Kier molecular flexibility index (Phi) is 4.96. The molecule has 0 saturated heterocycles. The van der Waals surface area contributed by atoms with Crippen LogP contribution in [0.25, 0.3) is 0 Å². The van der Waals surface area contributed by atoms with E-state index >= 15 is 0 Å². The monoisotopic (exact) mass is 404 g/mol. The molecular formula is C12H13IN4O4. The van der Waals surface area contributed by atoms with Gasteiger partial charge in [0.15, 0.2) is 5.71 Å². The number of halogens is 1. The lowest BCUT2D eigenvalue weighted by Crippen LogP contribution is -2.39. The molecule has 2 rings (SSSR count). The van der Waals surface area contributed by atoms with E-state index in [1.165, 1.54) is 12.0 Å². The normalized spacial score (nSPS) is 16.7. The quantitative estimate of drug-likeness (QED) is 0.354. The fraction of sp³-hybridized carbons (Fsp3) is 0.250. The maximum Gasteiger partial charge on any atom is 0.430 e. The molecule has 0 radical (unpaired) electrons. The Labute approximate surface area is 134 Å². The average Bonchev–Trinajstić information content (AvgIpc) is 2.56. The van der Waals surface area contributed by atoms with Crippen LogP contribution in [0.1, 0.15) is 0 Å². The van der Waals surface area contributed by atoms with Crippen LogP contribution < -0.4 is 13.7 Å². The van der Waals surface area contributed by atoms with Crippen molar-refractivity contribution in [2.75, 3.05) is 28.4 Å². The number of anilines is 2. The van der Waals surface area contributed by atoms with E-state index in [1.807, 2.05) is 18.2 Å². The van der Waals surface area contributed by atoms with Crippen molar-refractivity contribution in [1.29, 1.82) is 0 Å². The van der Waals surface area contributed by atoms with Gasteiger partial charge in [-0.25, -0.2) is 4.79 Å². The highest BCUT2D eigenvalue weighted by Crippen LogP contribution is 2.33. The lowest BCUT2D eigenvalue weighted by Gasteiger charge is -2.22. The highest BCUT2D eigenvalue weighted by atomic mass is 127. The molecule has 21 heavy (non-hydrogen) atoms. The molecule has 0 saturated carbocycles. The number of rotatable bonds is 3. The van der Waals surface area contributed by atoms with Crippen molar-refractivity contribution < 1.29 is 19.2 Å². The van der Waals surface area contributed by atoms with Gasteiger partial charge in [-0.15, -0.1) is 0 Å². The summed E-state index contributed by atoms with van der Waals surface area (Å²) < 4.78 is 6.87. The number of ether oxygens (including phenoxy) is 1. The van der Waals surface area contributed by atoms with Crippen molar-refractivity contribution in [3.8, 4) is 0 Å². The first-order valence-electron chi connectivity index (χ1n) is 5.91. The molecule has 8 nitrogen and oxygen atoms in total. The fourth-order valence-electron chi connectivity index (χ4n) is 1.87. The molecule has 0 unspecified atom stereocenters. The van der Waals surface area contributed by atoms with Crippen LogP contribution in [0.15, 0.2) is 29.4 Å². The van der Waals surface area contributed by atoms with Crippen LogP contribution in [-0.2, 0) is 14.4 Å². The number of hydrogen-bond donors (Lipinski definition) is 1. The summed E-state index contributed by atoms with van der Waals surface area (Å²) in [5, 5.41) is 3.54. The van der Waals surface area contributed by atoms with Gasteiger partial charge in [-0.05, 0) is 12.1 Å². The topological polar surface area (TPSA) is 97.5 Å². The number of oxime groups is 1. The maximum atomic E-state index is 12.5. The van der Waals surface area contributed by atoms with Crippen LogP contribution in [0.5, 0.6) is 0 Å². The molecular weight excluding hydrogens is 391 g/mol. The van der Waals surface area contributed by atoms with Crippen LogP contribution in [-0.4, -0.2) is 38.1 Å². The lowest BCUT2D eigenvalue weighted by molar-refractivity contribution is -0.113. The first-order valence-corrected chi connectivity index (χ1v) is 6.87. The molecule has 1 aromatic carbocycles. The van der Waals surface area contributed by atoms with Crippen LogP contribution in [0.2, 0.25) is 0 Å². The van der Waals surface area contributed by atoms with Gasteiger partial charge in [0, 0.05) is 7.11 Å². The van der Waals surface area contributed by atoms with Gasteiger partial charge in [0.2, 0.25) is 0 Å². The van der Waals surface area contributed by atoms with Crippen LogP contribution in [0.3, 0.4) is 0 Å². The second-order valence-electron chi connectivity index (χ2n) is 4.11. The minimum Gasteiger partial charge on any atom is -0.364 e. The van der Waals surface area contributed by atoms with Crippen molar-refractivity contribution in [2.24, 2.45) is 10.9 Å². The van der Waals surface area contributed by atoms with Gasteiger partial charge in [0.1, 0.15) is 6.73 Å². The molecule has 2 amide bonds. The molecule has 0 aromatic heterocycles. The standard InChI is InChI=1S/C12H13IN4O4/c1-20-7-16-9-4-2-3-5-10(9)17(13)6-8(11(16)18)15-21-12(14)19/h2-5H,6-7H2,1H3,(H2,14,19)/b15-8+. The summed E-state index contributed by atoms with van der Waals surface area (Å²) in [6, 6.07) is 7.36. The van der Waals surface area contributed by atoms with E-state index in [1.54, 1.807) is 9.18 Å². The van der Waals surface area contributed by atoms with Gasteiger partial charge in [0.25, 0.3) is 5.91 Å². The maximum absolute atomic E-state index is 12.5. The predicted octanol–water partition coefficient (Wildman–Crippen LogP) is 1.24. The molecule has 1 aromatic rings. The van der Waals surface area contributed by atoms with Crippen molar-refractivity contribution in [1.82, 2.24) is 0 Å². The number of para-hydroxylation sites is 2. The Hall–Kier alpha value is -1.88. The number of amides is 2. The van der Waals surface area contributed by atoms with Crippen molar-refractivity contribution in [3.05, 3.63) is 24.3 Å². The third kappa shape index (κ3) is 3.42. The van der Waals surface area contributed by atoms with Gasteiger partial charge in [-0.3, -0.25) is 14.5 Å².